The molecule has 4 heteroatoms. The van der Waals surface area contributed by atoms with Crippen LogP contribution in [0.15, 0.2) is 6.07 Å². The molecular formula is C10H13NO2S. The highest BCUT2D eigenvalue weighted by atomic mass is 32.1. The topological polar surface area (TPSA) is 40.5 Å². The van der Waals surface area contributed by atoms with Crippen LogP contribution < -0.4 is 0 Å². The third-order valence-corrected chi connectivity index (χ3v) is 4.05. The first-order valence-corrected chi connectivity index (χ1v) is 5.47. The maximum Gasteiger partial charge on any atom is 0.345 e. The van der Waals surface area contributed by atoms with Gasteiger partial charge in [0.1, 0.15) is 4.88 Å². The number of hydrogen-bond donors (Lipinski definition) is 1. The van der Waals surface area contributed by atoms with Gasteiger partial charge in [-0.2, -0.15) is 0 Å². The maximum absolute atomic E-state index is 10.8. The van der Waals surface area contributed by atoms with Crippen molar-refractivity contribution in [3.05, 3.63) is 21.4 Å². The Hall–Kier alpha value is -0.870. The monoisotopic (exact) mass is 211 g/mol. The van der Waals surface area contributed by atoms with Crippen molar-refractivity contribution in [2.75, 3.05) is 13.6 Å². The molecule has 0 amide bonds. The number of aromatic carboxylic acids is 1. The Morgan fingerprint density at radius 1 is 1.71 bits per heavy atom. The van der Waals surface area contributed by atoms with Gasteiger partial charge in [-0.3, -0.25) is 4.90 Å². The van der Waals surface area contributed by atoms with E-state index in [0.717, 1.165) is 13.0 Å². The van der Waals surface area contributed by atoms with Crippen molar-refractivity contribution < 1.29 is 9.90 Å². The summed E-state index contributed by atoms with van der Waals surface area (Å²) in [6, 6.07) is 2.17. The quantitative estimate of drug-likeness (QED) is 0.772. The van der Waals surface area contributed by atoms with Crippen LogP contribution in [-0.2, 0) is 6.42 Å². The number of likely N-dealkylation sites (N-methyl/N-ethyl adjacent to an activating group) is 1. The minimum atomic E-state index is -0.806. The fourth-order valence-electron chi connectivity index (χ4n) is 1.81. The first-order valence-electron chi connectivity index (χ1n) is 4.65. The van der Waals surface area contributed by atoms with Gasteiger partial charge in [-0.25, -0.2) is 4.79 Å². The number of carboxylic acids is 1. The van der Waals surface area contributed by atoms with Crippen molar-refractivity contribution in [3.8, 4) is 0 Å². The number of carboxylic acid groups (broad SMARTS) is 1. The molecule has 0 fully saturated rings. The predicted molar refractivity (Wildman–Crippen MR) is 56.0 cm³/mol. The fraction of sp³-hybridized carbons (Fsp3) is 0.500. The van der Waals surface area contributed by atoms with E-state index in [9.17, 15) is 4.79 Å². The highest BCUT2D eigenvalue weighted by molar-refractivity contribution is 7.14. The third-order valence-electron chi connectivity index (χ3n) is 2.86. The Morgan fingerprint density at radius 3 is 3.07 bits per heavy atom. The van der Waals surface area contributed by atoms with Crippen LogP contribution in [0, 0.1) is 0 Å². The molecule has 14 heavy (non-hydrogen) atoms. The molecule has 0 aliphatic carbocycles. The van der Waals surface area contributed by atoms with Gasteiger partial charge in [0.2, 0.25) is 0 Å². The van der Waals surface area contributed by atoms with Gasteiger partial charge < -0.3 is 5.11 Å². The minimum Gasteiger partial charge on any atom is -0.477 e. The van der Waals surface area contributed by atoms with Gasteiger partial charge >= 0.3 is 5.97 Å². The molecule has 1 aromatic rings. The lowest BCUT2D eigenvalue weighted by Crippen LogP contribution is -2.29. The van der Waals surface area contributed by atoms with E-state index >= 15 is 0 Å². The summed E-state index contributed by atoms with van der Waals surface area (Å²) >= 11 is 1.42. The molecule has 2 rings (SSSR count). The van der Waals surface area contributed by atoms with Gasteiger partial charge in [-0.15, -0.1) is 11.3 Å². The minimum absolute atomic E-state index is 0.350. The molecule has 1 N–H and O–H groups in total. The van der Waals surface area contributed by atoms with E-state index in [1.54, 1.807) is 0 Å². The van der Waals surface area contributed by atoms with Crippen molar-refractivity contribution in [1.82, 2.24) is 4.90 Å². The second kappa shape index (κ2) is 3.37. The third kappa shape index (κ3) is 1.44. The van der Waals surface area contributed by atoms with Crippen molar-refractivity contribution in [1.29, 1.82) is 0 Å². The molecule has 0 bridgehead atoms. The molecule has 1 aliphatic rings. The zero-order valence-corrected chi connectivity index (χ0v) is 9.10. The first-order chi connectivity index (χ1) is 6.59. The van der Waals surface area contributed by atoms with Crippen LogP contribution in [0.4, 0.5) is 0 Å². The molecule has 0 spiro atoms. The molecule has 0 saturated carbocycles. The highest BCUT2D eigenvalue weighted by Crippen LogP contribution is 2.34. The van der Waals surface area contributed by atoms with Crippen LogP contribution in [0.5, 0.6) is 0 Å². The van der Waals surface area contributed by atoms with Gasteiger partial charge in [-0.1, -0.05) is 0 Å². The van der Waals surface area contributed by atoms with E-state index in [4.69, 9.17) is 5.11 Å². The molecule has 1 aromatic heterocycles. The number of hydrogen-bond acceptors (Lipinski definition) is 3. The highest BCUT2D eigenvalue weighted by Gasteiger charge is 2.24. The van der Waals surface area contributed by atoms with Crippen molar-refractivity contribution in [2.45, 2.75) is 19.4 Å². The second-order valence-electron chi connectivity index (χ2n) is 3.70. The summed E-state index contributed by atoms with van der Waals surface area (Å²) in [5.74, 6) is -0.806. The average molecular weight is 211 g/mol. The number of thiophene rings is 1. The number of carbonyl (C=O) groups is 1. The molecule has 0 aromatic carbocycles. The SMILES string of the molecule is CC1c2cc(C(=O)O)sc2CCN1C. The van der Waals surface area contributed by atoms with Gasteiger partial charge in [0.05, 0.1) is 0 Å². The average Bonchev–Trinajstić information content (AvgIpc) is 2.56. The van der Waals surface area contributed by atoms with Crippen molar-refractivity contribution >= 4 is 17.3 Å². The summed E-state index contributed by atoms with van der Waals surface area (Å²) in [5.41, 5.74) is 1.20. The summed E-state index contributed by atoms with van der Waals surface area (Å²) in [6.07, 6.45) is 0.980. The van der Waals surface area contributed by atoms with Crippen LogP contribution in [0.25, 0.3) is 0 Å². The van der Waals surface area contributed by atoms with Crippen LogP contribution >= 0.6 is 11.3 Å². The molecule has 0 saturated heterocycles. The molecule has 1 unspecified atom stereocenters. The molecule has 2 heterocycles. The zero-order valence-electron chi connectivity index (χ0n) is 8.28. The largest absolute Gasteiger partial charge is 0.477 e. The Balaban J connectivity index is 2.41. The van der Waals surface area contributed by atoms with Crippen molar-refractivity contribution in [2.24, 2.45) is 0 Å². The molecule has 1 atom stereocenters. The van der Waals surface area contributed by atoms with Gasteiger partial charge in [0, 0.05) is 17.5 Å². The van der Waals surface area contributed by atoms with Crippen LogP contribution in [0.1, 0.15) is 33.1 Å². The van der Waals surface area contributed by atoms with Gasteiger partial charge in [0.25, 0.3) is 0 Å². The molecule has 0 radical (unpaired) electrons. The molecule has 76 valence electrons. The van der Waals surface area contributed by atoms with Crippen LogP contribution in [-0.4, -0.2) is 29.6 Å². The normalized spacial score (nSPS) is 22.0. The lowest BCUT2D eigenvalue weighted by Gasteiger charge is -2.29. The maximum atomic E-state index is 10.8. The predicted octanol–water partition coefficient (Wildman–Crippen LogP) is 2.00. The first kappa shape index (κ1) is 9.68. The summed E-state index contributed by atoms with van der Waals surface area (Å²) < 4.78 is 0. The zero-order chi connectivity index (χ0) is 10.3. The summed E-state index contributed by atoms with van der Waals surface area (Å²) in [7, 11) is 2.08. The van der Waals surface area contributed by atoms with E-state index in [1.165, 1.54) is 21.8 Å². The fourth-order valence-corrected chi connectivity index (χ4v) is 2.89. The van der Waals surface area contributed by atoms with Gasteiger partial charge in [-0.05, 0) is 32.0 Å². The number of fused-ring (bicyclic) bond motifs is 1. The van der Waals surface area contributed by atoms with E-state index in [-0.39, 0.29) is 0 Å². The molecule has 3 nitrogen and oxygen atoms in total. The Bertz CT molecular complexity index is 372. The number of nitrogens with zero attached hydrogens (tertiary/aromatic N) is 1. The van der Waals surface area contributed by atoms with E-state index < -0.39 is 5.97 Å². The molecule has 1 aliphatic heterocycles. The van der Waals surface area contributed by atoms with E-state index in [1.807, 2.05) is 6.07 Å². The summed E-state index contributed by atoms with van der Waals surface area (Å²) in [4.78, 5) is 14.8. The van der Waals surface area contributed by atoms with Crippen LogP contribution in [0.2, 0.25) is 0 Å². The Morgan fingerprint density at radius 2 is 2.43 bits per heavy atom. The van der Waals surface area contributed by atoms with E-state index in [2.05, 4.69) is 18.9 Å². The second-order valence-corrected chi connectivity index (χ2v) is 4.84. The van der Waals surface area contributed by atoms with Crippen LogP contribution in [0.3, 0.4) is 0 Å². The standard InChI is InChI=1S/C10H13NO2S/c1-6-7-5-9(10(12)13)14-8(7)3-4-11(6)2/h5-6H,3-4H2,1-2H3,(H,12,13). The summed E-state index contributed by atoms with van der Waals surface area (Å²) in [5, 5.41) is 8.88. The van der Waals surface area contributed by atoms with Crippen molar-refractivity contribution in [3.63, 3.8) is 0 Å². The lowest BCUT2D eigenvalue weighted by atomic mass is 10.0. The smallest absolute Gasteiger partial charge is 0.345 e. The Labute approximate surface area is 87.0 Å². The lowest BCUT2D eigenvalue weighted by molar-refractivity contribution is 0.0702. The summed E-state index contributed by atoms with van der Waals surface area (Å²) in [6.45, 7) is 3.14. The number of rotatable bonds is 1. The van der Waals surface area contributed by atoms with E-state index in [0.29, 0.717) is 10.9 Å². The Kier molecular flexibility index (Phi) is 2.33. The molecular weight excluding hydrogens is 198 g/mol. The van der Waals surface area contributed by atoms with Gasteiger partial charge in [0.15, 0.2) is 0 Å².